The molecule has 0 saturated carbocycles. The lowest BCUT2D eigenvalue weighted by molar-refractivity contribution is -0.149. The minimum absolute atomic E-state index is 0.0661. The van der Waals surface area contributed by atoms with E-state index in [0.29, 0.717) is 29.7 Å². The standard InChI is InChI=1S/C25H28N2O5S/c1-17(2)11-12-26-24(28)23(21-10-5-13-30-21)27(15-18-7-6-14-33-18)25(29)22-16-31-19-8-3-4-9-20(19)32-22/h3-10,13-14,17,22-23H,11-12,15-16H2,1-2H3,(H,26,28)/t22-,23+/m0/s1. The number of fused-ring (bicyclic) bond motifs is 1. The van der Waals surface area contributed by atoms with Gasteiger partial charge in [-0.1, -0.05) is 32.0 Å². The third-order valence-corrected chi connectivity index (χ3v) is 6.23. The van der Waals surface area contributed by atoms with Crippen molar-refractivity contribution >= 4 is 23.2 Å². The van der Waals surface area contributed by atoms with Crippen molar-refractivity contribution in [2.75, 3.05) is 13.2 Å². The third kappa shape index (κ3) is 5.57. The van der Waals surface area contributed by atoms with Gasteiger partial charge in [-0.15, -0.1) is 11.3 Å². The average Bonchev–Trinajstić information content (AvgIpc) is 3.52. The molecule has 0 unspecified atom stereocenters. The monoisotopic (exact) mass is 468 g/mol. The highest BCUT2D eigenvalue weighted by Gasteiger charge is 2.39. The molecule has 2 amide bonds. The van der Waals surface area contributed by atoms with Crippen LogP contribution in [0.2, 0.25) is 0 Å². The van der Waals surface area contributed by atoms with Gasteiger partial charge >= 0.3 is 0 Å². The van der Waals surface area contributed by atoms with Crippen molar-refractivity contribution in [3.8, 4) is 11.5 Å². The molecule has 0 bridgehead atoms. The molecule has 33 heavy (non-hydrogen) atoms. The SMILES string of the molecule is CC(C)CCNC(=O)[C@@H](c1ccco1)N(Cc1cccs1)C(=O)[C@@H]1COc2ccccc2O1. The lowest BCUT2D eigenvalue weighted by Crippen LogP contribution is -2.50. The second-order valence-electron chi connectivity index (χ2n) is 8.30. The van der Waals surface area contributed by atoms with Gasteiger partial charge in [0.25, 0.3) is 11.8 Å². The lowest BCUT2D eigenvalue weighted by atomic mass is 10.1. The van der Waals surface area contributed by atoms with Gasteiger partial charge in [0.2, 0.25) is 6.10 Å². The van der Waals surface area contributed by atoms with Gasteiger partial charge in [0.15, 0.2) is 17.5 Å². The largest absolute Gasteiger partial charge is 0.485 e. The fourth-order valence-corrected chi connectivity index (χ4v) is 4.35. The first-order valence-electron chi connectivity index (χ1n) is 11.1. The molecule has 3 aromatic rings. The van der Waals surface area contributed by atoms with Crippen molar-refractivity contribution in [2.45, 2.75) is 39.0 Å². The van der Waals surface area contributed by atoms with Crippen molar-refractivity contribution < 1.29 is 23.5 Å². The van der Waals surface area contributed by atoms with Gasteiger partial charge < -0.3 is 24.1 Å². The van der Waals surface area contributed by atoms with E-state index in [1.807, 2.05) is 29.6 Å². The summed E-state index contributed by atoms with van der Waals surface area (Å²) in [7, 11) is 0. The van der Waals surface area contributed by atoms with Crippen LogP contribution in [0.5, 0.6) is 11.5 Å². The fourth-order valence-electron chi connectivity index (χ4n) is 3.64. The first kappa shape index (κ1) is 22.9. The van der Waals surface area contributed by atoms with Gasteiger partial charge in [-0.25, -0.2) is 0 Å². The summed E-state index contributed by atoms with van der Waals surface area (Å²) in [4.78, 5) is 29.6. The van der Waals surface area contributed by atoms with E-state index in [1.165, 1.54) is 22.5 Å². The molecule has 2 atom stereocenters. The van der Waals surface area contributed by atoms with Crippen molar-refractivity contribution in [2.24, 2.45) is 5.92 Å². The number of carbonyl (C=O) groups is 2. The van der Waals surface area contributed by atoms with Gasteiger partial charge in [0, 0.05) is 11.4 Å². The number of hydrogen-bond acceptors (Lipinski definition) is 6. The van der Waals surface area contributed by atoms with E-state index < -0.39 is 12.1 Å². The predicted octanol–water partition coefficient (Wildman–Crippen LogP) is 4.41. The van der Waals surface area contributed by atoms with E-state index in [9.17, 15) is 9.59 Å². The van der Waals surface area contributed by atoms with Gasteiger partial charge in [-0.3, -0.25) is 9.59 Å². The zero-order chi connectivity index (χ0) is 23.2. The Morgan fingerprint density at radius 2 is 1.94 bits per heavy atom. The Bertz CT molecular complexity index is 1050. The molecule has 1 aromatic carbocycles. The molecule has 0 aliphatic carbocycles. The predicted molar refractivity (Wildman–Crippen MR) is 125 cm³/mol. The van der Waals surface area contributed by atoms with E-state index in [2.05, 4.69) is 19.2 Å². The summed E-state index contributed by atoms with van der Waals surface area (Å²) in [6.07, 6.45) is 1.47. The van der Waals surface area contributed by atoms with E-state index in [4.69, 9.17) is 13.9 Å². The van der Waals surface area contributed by atoms with Crippen molar-refractivity contribution in [1.29, 1.82) is 0 Å². The summed E-state index contributed by atoms with van der Waals surface area (Å²) in [5, 5.41) is 4.92. The minimum Gasteiger partial charge on any atom is -0.485 e. The molecule has 0 fully saturated rings. The molecule has 174 valence electrons. The maximum absolute atomic E-state index is 13.8. The molecule has 2 aromatic heterocycles. The topological polar surface area (TPSA) is 81.0 Å². The number of para-hydroxylation sites is 2. The van der Waals surface area contributed by atoms with Gasteiger partial charge in [0.05, 0.1) is 12.8 Å². The summed E-state index contributed by atoms with van der Waals surface area (Å²) in [6, 6.07) is 13.6. The Hall–Kier alpha value is -3.26. The number of carbonyl (C=O) groups excluding carboxylic acids is 2. The molecule has 3 heterocycles. The van der Waals surface area contributed by atoms with E-state index in [0.717, 1.165) is 11.3 Å². The van der Waals surface area contributed by atoms with Crippen LogP contribution in [0.4, 0.5) is 0 Å². The number of nitrogens with zero attached hydrogens (tertiary/aromatic N) is 1. The zero-order valence-corrected chi connectivity index (χ0v) is 19.5. The quantitative estimate of drug-likeness (QED) is 0.503. The Kier molecular flexibility index (Phi) is 7.34. The van der Waals surface area contributed by atoms with Crippen LogP contribution >= 0.6 is 11.3 Å². The van der Waals surface area contributed by atoms with Crippen molar-refractivity contribution in [3.05, 3.63) is 70.8 Å². The molecule has 0 radical (unpaired) electrons. The normalized spacial score (nSPS) is 15.8. The minimum atomic E-state index is -0.928. The summed E-state index contributed by atoms with van der Waals surface area (Å²) in [5.41, 5.74) is 0. The number of ether oxygens (including phenoxy) is 2. The van der Waals surface area contributed by atoms with Crippen LogP contribution in [-0.2, 0) is 16.1 Å². The third-order valence-electron chi connectivity index (χ3n) is 5.37. The average molecular weight is 469 g/mol. The summed E-state index contributed by atoms with van der Waals surface area (Å²) in [6.45, 7) is 5.03. The van der Waals surface area contributed by atoms with Crippen LogP contribution in [0.1, 0.15) is 36.9 Å². The Labute approximate surface area is 197 Å². The maximum Gasteiger partial charge on any atom is 0.268 e. The Balaban J connectivity index is 1.62. The Morgan fingerprint density at radius 1 is 1.12 bits per heavy atom. The second kappa shape index (κ2) is 10.6. The highest BCUT2D eigenvalue weighted by Crippen LogP contribution is 2.33. The number of hydrogen-bond donors (Lipinski definition) is 1. The molecular formula is C25H28N2O5S. The Morgan fingerprint density at radius 3 is 2.64 bits per heavy atom. The number of benzene rings is 1. The molecule has 0 spiro atoms. The molecule has 4 rings (SSSR count). The molecule has 8 heteroatoms. The number of amides is 2. The molecule has 1 aliphatic heterocycles. The van der Waals surface area contributed by atoms with Crippen LogP contribution in [0.25, 0.3) is 0 Å². The van der Waals surface area contributed by atoms with E-state index in [-0.39, 0.29) is 25.0 Å². The number of rotatable bonds is 9. The fraction of sp³-hybridized carbons (Fsp3) is 0.360. The van der Waals surface area contributed by atoms with E-state index in [1.54, 1.807) is 24.3 Å². The van der Waals surface area contributed by atoms with E-state index >= 15 is 0 Å². The van der Waals surface area contributed by atoms with Crippen LogP contribution in [0.15, 0.2) is 64.6 Å². The lowest BCUT2D eigenvalue weighted by Gasteiger charge is -2.34. The summed E-state index contributed by atoms with van der Waals surface area (Å²) in [5.74, 6) is 1.34. The van der Waals surface area contributed by atoms with Crippen molar-refractivity contribution in [3.63, 3.8) is 0 Å². The molecule has 1 N–H and O–H groups in total. The molecule has 7 nitrogen and oxygen atoms in total. The van der Waals surface area contributed by atoms with Crippen LogP contribution < -0.4 is 14.8 Å². The van der Waals surface area contributed by atoms with Crippen LogP contribution in [0, 0.1) is 5.92 Å². The highest BCUT2D eigenvalue weighted by atomic mass is 32.1. The van der Waals surface area contributed by atoms with Crippen LogP contribution in [0.3, 0.4) is 0 Å². The zero-order valence-electron chi connectivity index (χ0n) is 18.7. The first-order valence-corrected chi connectivity index (χ1v) is 11.9. The highest BCUT2D eigenvalue weighted by molar-refractivity contribution is 7.09. The number of furan rings is 1. The summed E-state index contributed by atoms with van der Waals surface area (Å²) < 4.78 is 17.4. The summed E-state index contributed by atoms with van der Waals surface area (Å²) >= 11 is 1.52. The molecular weight excluding hydrogens is 440 g/mol. The first-order chi connectivity index (χ1) is 16.0. The molecule has 1 aliphatic rings. The maximum atomic E-state index is 13.8. The number of thiophene rings is 1. The van der Waals surface area contributed by atoms with Gasteiger partial charge in [-0.05, 0) is 48.1 Å². The smallest absolute Gasteiger partial charge is 0.268 e. The second-order valence-corrected chi connectivity index (χ2v) is 9.33. The van der Waals surface area contributed by atoms with Gasteiger partial charge in [-0.2, -0.15) is 0 Å². The van der Waals surface area contributed by atoms with Gasteiger partial charge in [0.1, 0.15) is 12.4 Å². The van der Waals surface area contributed by atoms with Crippen LogP contribution in [-0.4, -0.2) is 36.0 Å². The van der Waals surface area contributed by atoms with Crippen molar-refractivity contribution in [1.82, 2.24) is 10.2 Å². The number of nitrogens with one attached hydrogen (secondary N) is 1. The molecule has 0 saturated heterocycles.